The van der Waals surface area contributed by atoms with E-state index in [4.69, 9.17) is 10.5 Å². The van der Waals surface area contributed by atoms with Gasteiger partial charge in [0.25, 0.3) is 0 Å². The molecule has 2 heterocycles. The van der Waals surface area contributed by atoms with Crippen LogP contribution >= 0.6 is 0 Å². The summed E-state index contributed by atoms with van der Waals surface area (Å²) in [6.07, 6.45) is 6.43. The fourth-order valence-electron chi connectivity index (χ4n) is 4.08. The molecular weight excluding hydrogens is 266 g/mol. The molecule has 5 nitrogen and oxygen atoms in total. The van der Waals surface area contributed by atoms with Crippen molar-refractivity contribution in [1.29, 1.82) is 0 Å². The highest BCUT2D eigenvalue weighted by Gasteiger charge is 2.35. The van der Waals surface area contributed by atoms with Gasteiger partial charge in [-0.1, -0.05) is 6.42 Å². The Morgan fingerprint density at radius 3 is 2.67 bits per heavy atom. The van der Waals surface area contributed by atoms with E-state index in [0.29, 0.717) is 11.9 Å². The summed E-state index contributed by atoms with van der Waals surface area (Å²) >= 11 is 0. The fraction of sp³-hybridized carbons (Fsp3) is 0.938. The molecule has 21 heavy (non-hydrogen) atoms. The van der Waals surface area contributed by atoms with Gasteiger partial charge in [0.15, 0.2) is 0 Å². The molecule has 3 atom stereocenters. The maximum absolute atomic E-state index is 12.8. The smallest absolute Gasteiger partial charge is 0.226 e. The first-order valence-corrected chi connectivity index (χ1v) is 8.60. The Balaban J connectivity index is 1.56. The van der Waals surface area contributed by atoms with Crippen LogP contribution in [-0.2, 0) is 9.53 Å². The van der Waals surface area contributed by atoms with Crippen molar-refractivity contribution in [3.05, 3.63) is 0 Å². The van der Waals surface area contributed by atoms with Crippen molar-refractivity contribution >= 4 is 5.91 Å². The van der Waals surface area contributed by atoms with E-state index in [-0.39, 0.29) is 12.0 Å². The molecule has 0 aromatic rings. The number of nitrogens with zero attached hydrogens (tertiary/aromatic N) is 2. The zero-order valence-electron chi connectivity index (χ0n) is 13.0. The van der Waals surface area contributed by atoms with Gasteiger partial charge in [0.1, 0.15) is 0 Å². The van der Waals surface area contributed by atoms with Crippen LogP contribution in [-0.4, -0.2) is 67.2 Å². The Labute approximate surface area is 127 Å². The topological polar surface area (TPSA) is 58.8 Å². The highest BCUT2D eigenvalue weighted by molar-refractivity contribution is 5.79. The Bertz CT molecular complexity index is 357. The van der Waals surface area contributed by atoms with E-state index in [1.165, 1.54) is 0 Å². The average molecular weight is 295 g/mol. The molecule has 0 aromatic heterocycles. The SMILES string of the molecule is NC1CCCC(C(=O)N2CCCC2CN2CCOCC2)C1. The first-order valence-electron chi connectivity index (χ1n) is 8.60. The summed E-state index contributed by atoms with van der Waals surface area (Å²) in [5.41, 5.74) is 6.05. The second kappa shape index (κ2) is 7.07. The van der Waals surface area contributed by atoms with Crippen LogP contribution in [0.2, 0.25) is 0 Å². The number of carbonyl (C=O) groups is 1. The summed E-state index contributed by atoms with van der Waals surface area (Å²) in [4.78, 5) is 17.4. The minimum absolute atomic E-state index is 0.180. The highest BCUT2D eigenvalue weighted by atomic mass is 16.5. The predicted octanol–water partition coefficient (Wildman–Crippen LogP) is 0.827. The summed E-state index contributed by atoms with van der Waals surface area (Å²) in [7, 11) is 0. The number of nitrogens with two attached hydrogens (primary N) is 1. The van der Waals surface area contributed by atoms with Crippen LogP contribution in [0.25, 0.3) is 0 Å². The molecule has 3 fully saturated rings. The van der Waals surface area contributed by atoms with Gasteiger partial charge < -0.3 is 15.4 Å². The molecule has 0 bridgehead atoms. The van der Waals surface area contributed by atoms with Crippen LogP contribution < -0.4 is 5.73 Å². The van der Waals surface area contributed by atoms with Crippen LogP contribution in [0.3, 0.4) is 0 Å². The lowest BCUT2D eigenvalue weighted by Crippen LogP contribution is -2.49. The van der Waals surface area contributed by atoms with E-state index in [9.17, 15) is 4.79 Å². The van der Waals surface area contributed by atoms with E-state index in [0.717, 1.165) is 77.9 Å². The van der Waals surface area contributed by atoms with Gasteiger partial charge >= 0.3 is 0 Å². The monoisotopic (exact) mass is 295 g/mol. The summed E-state index contributed by atoms with van der Waals surface area (Å²) in [6.45, 7) is 5.64. The minimum atomic E-state index is 0.180. The molecule has 1 aliphatic carbocycles. The third-order valence-corrected chi connectivity index (χ3v) is 5.30. The summed E-state index contributed by atoms with van der Waals surface area (Å²) in [5.74, 6) is 0.556. The normalized spacial score (nSPS) is 35.1. The van der Waals surface area contributed by atoms with E-state index >= 15 is 0 Å². The first-order chi connectivity index (χ1) is 10.2. The van der Waals surface area contributed by atoms with Crippen molar-refractivity contribution in [2.75, 3.05) is 39.4 Å². The Kier molecular flexibility index (Phi) is 5.14. The van der Waals surface area contributed by atoms with E-state index in [2.05, 4.69) is 9.80 Å². The summed E-state index contributed by atoms with van der Waals surface area (Å²) in [6, 6.07) is 0.641. The molecule has 0 aromatic carbocycles. The molecule has 120 valence electrons. The van der Waals surface area contributed by atoms with E-state index in [1.54, 1.807) is 0 Å². The molecule has 1 saturated carbocycles. The molecule has 1 amide bonds. The molecule has 3 aliphatic rings. The van der Waals surface area contributed by atoms with Crippen LogP contribution in [0.1, 0.15) is 38.5 Å². The number of hydrogen-bond donors (Lipinski definition) is 1. The van der Waals surface area contributed by atoms with Gasteiger partial charge in [0.05, 0.1) is 13.2 Å². The van der Waals surface area contributed by atoms with E-state index in [1.807, 2.05) is 0 Å². The highest BCUT2D eigenvalue weighted by Crippen LogP contribution is 2.28. The Morgan fingerprint density at radius 1 is 1.10 bits per heavy atom. The third kappa shape index (κ3) is 3.76. The zero-order valence-corrected chi connectivity index (χ0v) is 13.0. The van der Waals surface area contributed by atoms with Crippen molar-refractivity contribution in [2.24, 2.45) is 11.7 Å². The predicted molar refractivity (Wildman–Crippen MR) is 81.9 cm³/mol. The van der Waals surface area contributed by atoms with Crippen molar-refractivity contribution in [3.8, 4) is 0 Å². The van der Waals surface area contributed by atoms with Crippen molar-refractivity contribution in [2.45, 2.75) is 50.6 Å². The standard InChI is InChI=1S/C16H29N3O2/c17-14-4-1-3-13(11-14)16(20)19-6-2-5-15(19)12-18-7-9-21-10-8-18/h13-15H,1-12,17H2. The van der Waals surface area contributed by atoms with Crippen LogP contribution in [0.5, 0.6) is 0 Å². The van der Waals surface area contributed by atoms with Gasteiger partial charge in [-0.15, -0.1) is 0 Å². The van der Waals surface area contributed by atoms with Gasteiger partial charge in [-0.25, -0.2) is 0 Å². The number of carbonyl (C=O) groups excluding carboxylic acids is 1. The zero-order chi connectivity index (χ0) is 14.7. The molecule has 2 aliphatic heterocycles. The maximum atomic E-state index is 12.8. The van der Waals surface area contributed by atoms with Gasteiger partial charge in [0.2, 0.25) is 5.91 Å². The number of hydrogen-bond acceptors (Lipinski definition) is 4. The second-order valence-electron chi connectivity index (χ2n) is 6.86. The second-order valence-corrected chi connectivity index (χ2v) is 6.86. The molecule has 3 unspecified atom stereocenters. The lowest BCUT2D eigenvalue weighted by molar-refractivity contribution is -0.138. The minimum Gasteiger partial charge on any atom is -0.379 e. The summed E-state index contributed by atoms with van der Waals surface area (Å²) < 4.78 is 5.41. The lowest BCUT2D eigenvalue weighted by atomic mass is 9.85. The number of ether oxygens (including phenoxy) is 1. The number of rotatable bonds is 3. The molecule has 2 saturated heterocycles. The molecule has 5 heteroatoms. The number of morpholine rings is 1. The Hall–Kier alpha value is -0.650. The molecule has 3 rings (SSSR count). The Morgan fingerprint density at radius 2 is 1.90 bits per heavy atom. The van der Waals surface area contributed by atoms with Gasteiger partial charge in [-0.2, -0.15) is 0 Å². The quantitative estimate of drug-likeness (QED) is 0.838. The lowest BCUT2D eigenvalue weighted by Gasteiger charge is -2.35. The van der Waals surface area contributed by atoms with Gasteiger partial charge in [-0.05, 0) is 32.1 Å². The fourth-order valence-corrected chi connectivity index (χ4v) is 4.08. The van der Waals surface area contributed by atoms with Crippen molar-refractivity contribution in [1.82, 2.24) is 9.80 Å². The maximum Gasteiger partial charge on any atom is 0.226 e. The van der Waals surface area contributed by atoms with Crippen LogP contribution in [0.4, 0.5) is 0 Å². The molecule has 2 N–H and O–H groups in total. The van der Waals surface area contributed by atoms with Gasteiger partial charge in [-0.3, -0.25) is 9.69 Å². The number of likely N-dealkylation sites (tertiary alicyclic amines) is 1. The number of amides is 1. The van der Waals surface area contributed by atoms with E-state index < -0.39 is 0 Å². The van der Waals surface area contributed by atoms with Crippen molar-refractivity contribution < 1.29 is 9.53 Å². The third-order valence-electron chi connectivity index (χ3n) is 5.30. The molecule has 0 spiro atoms. The first kappa shape index (κ1) is 15.3. The summed E-state index contributed by atoms with van der Waals surface area (Å²) in [5, 5.41) is 0. The average Bonchev–Trinajstić information content (AvgIpc) is 2.95. The largest absolute Gasteiger partial charge is 0.379 e. The van der Waals surface area contributed by atoms with Crippen molar-refractivity contribution in [3.63, 3.8) is 0 Å². The van der Waals surface area contributed by atoms with Gasteiger partial charge in [0, 0.05) is 44.2 Å². The van der Waals surface area contributed by atoms with Crippen LogP contribution in [0.15, 0.2) is 0 Å². The molecular formula is C16H29N3O2. The van der Waals surface area contributed by atoms with Crippen LogP contribution in [0, 0.1) is 5.92 Å². The molecule has 0 radical (unpaired) electrons.